The molecule has 0 atom stereocenters. The Kier molecular flexibility index (Phi) is 6.46. The van der Waals surface area contributed by atoms with Crippen molar-refractivity contribution in [1.82, 2.24) is 25.6 Å². The third-order valence-electron chi connectivity index (χ3n) is 4.54. The number of pyridine rings is 1. The van der Waals surface area contributed by atoms with E-state index in [9.17, 15) is 9.59 Å². The third-order valence-corrected chi connectivity index (χ3v) is 4.54. The minimum atomic E-state index is -0.464. The van der Waals surface area contributed by atoms with Crippen LogP contribution in [0.2, 0.25) is 0 Å². The number of nitrogens with one attached hydrogen (secondary N) is 2. The average molecular weight is 407 g/mol. The van der Waals surface area contributed by atoms with Crippen LogP contribution in [0.25, 0.3) is 5.82 Å². The third kappa shape index (κ3) is 4.65. The Morgan fingerprint density at radius 2 is 1.80 bits per heavy atom. The molecule has 8 nitrogen and oxygen atoms in total. The van der Waals surface area contributed by atoms with Gasteiger partial charge in [-0.15, -0.1) is 0 Å². The molecule has 2 aromatic heterocycles. The van der Waals surface area contributed by atoms with E-state index in [4.69, 9.17) is 4.74 Å². The van der Waals surface area contributed by atoms with Crippen molar-refractivity contribution < 1.29 is 14.3 Å². The second-order valence-corrected chi connectivity index (χ2v) is 7.21. The summed E-state index contributed by atoms with van der Waals surface area (Å²) in [7, 11) is 0. The maximum absolute atomic E-state index is 12.7. The molecule has 2 amide bonds. The van der Waals surface area contributed by atoms with E-state index in [-0.39, 0.29) is 12.5 Å². The first-order valence-electron chi connectivity index (χ1n) is 9.66. The summed E-state index contributed by atoms with van der Waals surface area (Å²) >= 11 is 0. The van der Waals surface area contributed by atoms with Gasteiger partial charge in [-0.2, -0.15) is 5.10 Å². The van der Waals surface area contributed by atoms with Crippen molar-refractivity contribution in [2.45, 2.75) is 33.6 Å². The maximum atomic E-state index is 12.7. The summed E-state index contributed by atoms with van der Waals surface area (Å²) in [5.74, 6) is 0.373. The van der Waals surface area contributed by atoms with Crippen molar-refractivity contribution in [1.29, 1.82) is 0 Å². The summed E-state index contributed by atoms with van der Waals surface area (Å²) in [6.45, 7) is 7.54. The summed E-state index contributed by atoms with van der Waals surface area (Å²) in [4.78, 5) is 29.1. The Hall–Kier alpha value is -3.68. The monoisotopic (exact) mass is 407 g/mol. The first kappa shape index (κ1) is 21.0. The van der Waals surface area contributed by atoms with Gasteiger partial charge in [0.2, 0.25) is 0 Å². The van der Waals surface area contributed by atoms with E-state index in [2.05, 4.69) is 20.9 Å². The van der Waals surface area contributed by atoms with Crippen LogP contribution in [0.1, 0.15) is 46.9 Å². The summed E-state index contributed by atoms with van der Waals surface area (Å²) in [6, 6.07) is 11.2. The fourth-order valence-corrected chi connectivity index (χ4v) is 3.14. The SMILES string of the molecule is Cc1cccc(C)c1OCC(=O)NNC(=O)c1cnn(-c2ccccn2)c1C(C)C. The van der Waals surface area contributed by atoms with Gasteiger partial charge in [0, 0.05) is 6.20 Å². The lowest BCUT2D eigenvalue weighted by molar-refractivity contribution is -0.123. The number of carbonyl (C=O) groups excluding carboxylic acids is 2. The van der Waals surface area contributed by atoms with Gasteiger partial charge in [0.05, 0.1) is 17.5 Å². The number of amides is 2. The van der Waals surface area contributed by atoms with Crippen LogP contribution >= 0.6 is 0 Å². The van der Waals surface area contributed by atoms with Crippen LogP contribution in [0.15, 0.2) is 48.8 Å². The van der Waals surface area contributed by atoms with Gasteiger partial charge in [-0.1, -0.05) is 38.1 Å². The van der Waals surface area contributed by atoms with Gasteiger partial charge in [-0.25, -0.2) is 9.67 Å². The Labute approximate surface area is 175 Å². The maximum Gasteiger partial charge on any atom is 0.276 e. The van der Waals surface area contributed by atoms with E-state index < -0.39 is 11.8 Å². The Balaban J connectivity index is 1.65. The van der Waals surface area contributed by atoms with Crippen molar-refractivity contribution in [2.75, 3.05) is 6.61 Å². The highest BCUT2D eigenvalue weighted by atomic mass is 16.5. The summed E-state index contributed by atoms with van der Waals surface area (Å²) in [5, 5.41) is 4.31. The quantitative estimate of drug-likeness (QED) is 0.613. The minimum Gasteiger partial charge on any atom is -0.483 e. The number of hydrazine groups is 1. The van der Waals surface area contributed by atoms with Crippen LogP contribution in [0.5, 0.6) is 5.75 Å². The van der Waals surface area contributed by atoms with Crippen molar-refractivity contribution in [3.63, 3.8) is 0 Å². The fourth-order valence-electron chi connectivity index (χ4n) is 3.14. The number of benzene rings is 1. The van der Waals surface area contributed by atoms with Crippen LogP contribution in [0.3, 0.4) is 0 Å². The Bertz CT molecular complexity index is 1020. The molecule has 1 aromatic carbocycles. The highest BCUT2D eigenvalue weighted by molar-refractivity contribution is 5.96. The molecule has 0 aliphatic heterocycles. The number of rotatable bonds is 6. The molecule has 0 aliphatic carbocycles. The molecule has 0 saturated heterocycles. The molecule has 0 spiro atoms. The molecule has 2 heterocycles. The number of carbonyl (C=O) groups is 2. The topological polar surface area (TPSA) is 98.1 Å². The molecule has 30 heavy (non-hydrogen) atoms. The van der Waals surface area contributed by atoms with Crippen LogP contribution in [0, 0.1) is 13.8 Å². The first-order chi connectivity index (χ1) is 14.4. The lowest BCUT2D eigenvalue weighted by Crippen LogP contribution is -2.44. The number of aryl methyl sites for hydroxylation is 2. The van der Waals surface area contributed by atoms with E-state index in [1.807, 2.05) is 64.1 Å². The molecule has 3 rings (SSSR count). The normalized spacial score (nSPS) is 10.7. The van der Waals surface area contributed by atoms with E-state index in [0.717, 1.165) is 11.1 Å². The highest BCUT2D eigenvalue weighted by Crippen LogP contribution is 2.23. The van der Waals surface area contributed by atoms with Crippen molar-refractivity contribution >= 4 is 11.8 Å². The molecule has 0 unspecified atom stereocenters. The zero-order chi connectivity index (χ0) is 21.7. The predicted octanol–water partition coefficient (Wildman–Crippen LogP) is 2.85. The smallest absolute Gasteiger partial charge is 0.276 e. The number of hydrogen-bond acceptors (Lipinski definition) is 5. The highest BCUT2D eigenvalue weighted by Gasteiger charge is 2.21. The molecule has 0 bridgehead atoms. The van der Waals surface area contributed by atoms with E-state index in [0.29, 0.717) is 22.8 Å². The summed E-state index contributed by atoms with van der Waals surface area (Å²) in [5.41, 5.74) is 7.77. The van der Waals surface area contributed by atoms with Crippen molar-refractivity contribution in [2.24, 2.45) is 0 Å². The van der Waals surface area contributed by atoms with Gasteiger partial charge in [0.15, 0.2) is 12.4 Å². The molecule has 0 radical (unpaired) electrons. The number of nitrogens with zero attached hydrogens (tertiary/aromatic N) is 3. The van der Waals surface area contributed by atoms with Gasteiger partial charge in [0.25, 0.3) is 11.8 Å². The zero-order valence-electron chi connectivity index (χ0n) is 17.5. The minimum absolute atomic E-state index is 0.0123. The first-order valence-corrected chi connectivity index (χ1v) is 9.66. The average Bonchev–Trinajstić information content (AvgIpc) is 3.18. The molecule has 8 heteroatoms. The van der Waals surface area contributed by atoms with Crippen LogP contribution in [-0.4, -0.2) is 33.2 Å². The molecule has 2 N–H and O–H groups in total. The van der Waals surface area contributed by atoms with Crippen LogP contribution < -0.4 is 15.6 Å². The van der Waals surface area contributed by atoms with Crippen LogP contribution in [0.4, 0.5) is 0 Å². The van der Waals surface area contributed by atoms with Gasteiger partial charge < -0.3 is 4.74 Å². The van der Waals surface area contributed by atoms with Gasteiger partial charge in [-0.05, 0) is 43.0 Å². The van der Waals surface area contributed by atoms with Crippen molar-refractivity contribution in [3.8, 4) is 11.6 Å². The van der Waals surface area contributed by atoms with Gasteiger partial charge in [0.1, 0.15) is 5.75 Å². The summed E-state index contributed by atoms with van der Waals surface area (Å²) in [6.07, 6.45) is 3.13. The fraction of sp³-hybridized carbons (Fsp3) is 0.273. The lowest BCUT2D eigenvalue weighted by atomic mass is 10.1. The molecule has 3 aromatic rings. The van der Waals surface area contributed by atoms with E-state index in [1.54, 1.807) is 10.9 Å². The summed E-state index contributed by atoms with van der Waals surface area (Å²) < 4.78 is 7.23. The molecule has 0 fully saturated rings. The molecule has 0 saturated carbocycles. The number of hydrogen-bond donors (Lipinski definition) is 2. The van der Waals surface area contributed by atoms with E-state index >= 15 is 0 Å². The Morgan fingerprint density at radius 3 is 2.43 bits per heavy atom. The van der Waals surface area contributed by atoms with Gasteiger partial charge in [-0.3, -0.25) is 20.4 Å². The van der Waals surface area contributed by atoms with E-state index in [1.165, 1.54) is 6.20 Å². The van der Waals surface area contributed by atoms with Crippen LogP contribution in [-0.2, 0) is 4.79 Å². The number of aromatic nitrogens is 3. The standard InChI is InChI=1S/C22H25N5O3/c1-14(2)20-17(12-24-27(20)18-10-5-6-11-23-18)22(29)26-25-19(28)13-30-21-15(3)8-7-9-16(21)4/h5-12,14H,13H2,1-4H3,(H,25,28)(H,26,29). The zero-order valence-corrected chi connectivity index (χ0v) is 17.5. The largest absolute Gasteiger partial charge is 0.483 e. The number of ether oxygens (including phenoxy) is 1. The molecule has 0 aliphatic rings. The molecular weight excluding hydrogens is 382 g/mol. The van der Waals surface area contributed by atoms with Crippen molar-refractivity contribution in [3.05, 3.63) is 71.2 Å². The Morgan fingerprint density at radius 1 is 1.07 bits per heavy atom. The van der Waals surface area contributed by atoms with Gasteiger partial charge >= 0.3 is 0 Å². The molecular formula is C22H25N5O3. The second kappa shape index (κ2) is 9.21. The predicted molar refractivity (Wildman–Crippen MR) is 112 cm³/mol. The lowest BCUT2D eigenvalue weighted by Gasteiger charge is -2.14. The number of para-hydroxylation sites is 1. The second-order valence-electron chi connectivity index (χ2n) is 7.21. The molecule has 156 valence electrons.